The second-order valence-corrected chi connectivity index (χ2v) is 9.12. The van der Waals surface area contributed by atoms with Crippen LogP contribution in [0.5, 0.6) is 5.75 Å². The first kappa shape index (κ1) is 22.3. The lowest BCUT2D eigenvalue weighted by molar-refractivity contribution is -0.121. The first-order valence-electron chi connectivity index (χ1n) is 10.1. The van der Waals surface area contributed by atoms with Crippen molar-refractivity contribution in [3.63, 3.8) is 0 Å². The van der Waals surface area contributed by atoms with Gasteiger partial charge in [-0.15, -0.1) is 0 Å². The summed E-state index contributed by atoms with van der Waals surface area (Å²) >= 11 is 0. The summed E-state index contributed by atoms with van der Waals surface area (Å²) in [5.74, 6) is -0.235. The topological polar surface area (TPSA) is 112 Å². The molecule has 2 N–H and O–H groups in total. The number of aromatic hydroxyl groups is 1. The highest BCUT2D eigenvalue weighted by Gasteiger charge is 2.27. The summed E-state index contributed by atoms with van der Waals surface area (Å²) in [5.41, 5.74) is 2.78. The van der Waals surface area contributed by atoms with Gasteiger partial charge < -0.3 is 9.52 Å². The van der Waals surface area contributed by atoms with Crippen LogP contribution < -0.4 is 5.43 Å². The number of hydrazone groups is 1. The highest BCUT2D eigenvalue weighted by molar-refractivity contribution is 7.89. The van der Waals surface area contributed by atoms with Crippen LogP contribution in [0, 0.1) is 0 Å². The van der Waals surface area contributed by atoms with Gasteiger partial charge in [0, 0.05) is 5.56 Å². The van der Waals surface area contributed by atoms with Crippen molar-refractivity contribution >= 4 is 32.9 Å². The number of carbonyl (C=O) groups is 1. The monoisotopic (exact) mass is 463 g/mol. The van der Waals surface area contributed by atoms with Crippen molar-refractivity contribution in [3.05, 3.63) is 96.4 Å². The van der Waals surface area contributed by atoms with E-state index in [1.165, 1.54) is 24.6 Å². The Bertz CT molecular complexity index is 1380. The maximum atomic E-state index is 13.1. The van der Waals surface area contributed by atoms with Crippen LogP contribution >= 0.6 is 0 Å². The van der Waals surface area contributed by atoms with Crippen molar-refractivity contribution in [3.8, 4) is 5.75 Å². The first-order valence-corrected chi connectivity index (χ1v) is 11.5. The van der Waals surface area contributed by atoms with E-state index < -0.39 is 22.5 Å². The minimum atomic E-state index is -3.96. The van der Waals surface area contributed by atoms with E-state index in [0.29, 0.717) is 11.3 Å². The van der Waals surface area contributed by atoms with Gasteiger partial charge in [0.05, 0.1) is 30.5 Å². The zero-order chi connectivity index (χ0) is 23.3. The number of sulfonamides is 1. The number of benzene rings is 3. The molecule has 0 saturated carbocycles. The molecule has 3 aromatic carbocycles. The van der Waals surface area contributed by atoms with Crippen molar-refractivity contribution in [2.75, 3.05) is 6.54 Å². The molecule has 1 amide bonds. The molecule has 0 atom stereocenters. The number of furan rings is 1. The summed E-state index contributed by atoms with van der Waals surface area (Å²) in [7, 11) is -3.96. The Balaban J connectivity index is 1.53. The van der Waals surface area contributed by atoms with Crippen LogP contribution in [0.4, 0.5) is 0 Å². The fourth-order valence-corrected chi connectivity index (χ4v) is 4.71. The van der Waals surface area contributed by atoms with Gasteiger partial charge in [0.1, 0.15) is 11.5 Å². The van der Waals surface area contributed by atoms with Crippen molar-refractivity contribution in [1.29, 1.82) is 0 Å². The van der Waals surface area contributed by atoms with Gasteiger partial charge in [-0.2, -0.15) is 9.41 Å². The van der Waals surface area contributed by atoms with Gasteiger partial charge in [-0.1, -0.05) is 48.5 Å². The molecular formula is C24H21N3O5S. The van der Waals surface area contributed by atoms with E-state index in [1.807, 2.05) is 24.3 Å². The number of fused-ring (bicyclic) bond motifs is 1. The Labute approximate surface area is 190 Å². The number of phenols is 1. The number of nitrogens with zero attached hydrogens (tertiary/aromatic N) is 2. The normalized spacial score (nSPS) is 11.9. The molecule has 0 aliphatic heterocycles. The highest BCUT2D eigenvalue weighted by Crippen LogP contribution is 2.25. The van der Waals surface area contributed by atoms with Gasteiger partial charge in [0.25, 0.3) is 5.91 Å². The van der Waals surface area contributed by atoms with E-state index >= 15 is 0 Å². The first-order chi connectivity index (χ1) is 15.9. The number of rotatable bonds is 8. The Hall–Kier alpha value is -3.95. The SMILES string of the molecule is O=C(CN(Cc1ccco1)S(=O)(=O)c1ccccc1)NN=Cc1c(O)ccc2ccccc12. The second-order valence-electron chi connectivity index (χ2n) is 7.18. The molecule has 0 unspecified atom stereocenters. The quantitative estimate of drug-likeness (QED) is 0.307. The summed E-state index contributed by atoms with van der Waals surface area (Å²) in [5, 5.41) is 15.8. The largest absolute Gasteiger partial charge is 0.507 e. The van der Waals surface area contributed by atoms with Crippen LogP contribution in [0.3, 0.4) is 0 Å². The fraction of sp³-hybridized carbons (Fsp3) is 0.0833. The summed E-state index contributed by atoms with van der Waals surface area (Å²) in [4.78, 5) is 12.6. The summed E-state index contributed by atoms with van der Waals surface area (Å²) in [6.07, 6.45) is 2.77. The number of phenolic OH excluding ortho intramolecular Hbond substituents is 1. The number of nitrogens with one attached hydrogen (secondary N) is 1. The summed E-state index contributed by atoms with van der Waals surface area (Å²) in [6, 6.07) is 21.9. The van der Waals surface area contributed by atoms with Gasteiger partial charge in [-0.05, 0) is 41.1 Å². The summed E-state index contributed by atoms with van der Waals surface area (Å²) < 4.78 is 32.5. The van der Waals surface area contributed by atoms with Crippen molar-refractivity contribution in [1.82, 2.24) is 9.73 Å². The molecule has 1 aromatic heterocycles. The van der Waals surface area contributed by atoms with Crippen LogP contribution in [0.15, 0.2) is 99.5 Å². The van der Waals surface area contributed by atoms with Crippen LogP contribution in [-0.4, -0.2) is 36.5 Å². The van der Waals surface area contributed by atoms with E-state index in [-0.39, 0.29) is 17.2 Å². The second kappa shape index (κ2) is 9.68. The zero-order valence-corrected chi connectivity index (χ0v) is 18.3. The van der Waals surface area contributed by atoms with Crippen LogP contribution in [0.25, 0.3) is 10.8 Å². The third-order valence-corrected chi connectivity index (χ3v) is 6.75. The molecule has 1 heterocycles. The van der Waals surface area contributed by atoms with Crippen LogP contribution in [-0.2, 0) is 21.4 Å². The van der Waals surface area contributed by atoms with E-state index in [0.717, 1.165) is 15.1 Å². The van der Waals surface area contributed by atoms with Crippen LogP contribution in [0.1, 0.15) is 11.3 Å². The Morgan fingerprint density at radius 2 is 1.76 bits per heavy atom. The van der Waals surface area contributed by atoms with E-state index in [9.17, 15) is 18.3 Å². The third-order valence-electron chi connectivity index (χ3n) is 4.94. The lowest BCUT2D eigenvalue weighted by atomic mass is 10.0. The molecule has 0 saturated heterocycles. The maximum Gasteiger partial charge on any atom is 0.255 e. The highest BCUT2D eigenvalue weighted by atomic mass is 32.2. The van der Waals surface area contributed by atoms with E-state index in [2.05, 4.69) is 10.5 Å². The van der Waals surface area contributed by atoms with Gasteiger partial charge >= 0.3 is 0 Å². The standard InChI is InChI=1S/C24H21N3O5S/c28-23-13-12-18-7-4-5-11-21(18)22(23)15-25-26-24(29)17-27(16-19-8-6-14-32-19)33(30,31)20-9-2-1-3-10-20/h1-15,28H,16-17H2,(H,26,29). The Morgan fingerprint density at radius 3 is 2.52 bits per heavy atom. The van der Waals surface area contributed by atoms with Gasteiger partial charge in [-0.3, -0.25) is 4.79 Å². The van der Waals surface area contributed by atoms with Gasteiger partial charge in [0.15, 0.2) is 0 Å². The lowest BCUT2D eigenvalue weighted by Gasteiger charge is -2.20. The fourth-order valence-electron chi connectivity index (χ4n) is 3.33. The molecule has 33 heavy (non-hydrogen) atoms. The predicted octanol–water partition coefficient (Wildman–Crippen LogP) is 3.48. The minimum Gasteiger partial charge on any atom is -0.507 e. The Kier molecular flexibility index (Phi) is 6.53. The molecular weight excluding hydrogens is 442 g/mol. The Morgan fingerprint density at radius 1 is 1.00 bits per heavy atom. The number of hydrogen-bond donors (Lipinski definition) is 2. The smallest absolute Gasteiger partial charge is 0.255 e. The average Bonchev–Trinajstić information content (AvgIpc) is 3.34. The maximum absolute atomic E-state index is 13.1. The number of hydrogen-bond acceptors (Lipinski definition) is 6. The molecule has 0 bridgehead atoms. The van der Waals surface area contributed by atoms with Crippen molar-refractivity contribution < 1.29 is 22.7 Å². The van der Waals surface area contributed by atoms with E-state index in [1.54, 1.807) is 42.5 Å². The molecule has 0 fully saturated rings. The summed E-state index contributed by atoms with van der Waals surface area (Å²) in [6.45, 7) is -0.595. The lowest BCUT2D eigenvalue weighted by Crippen LogP contribution is -2.39. The van der Waals surface area contributed by atoms with Gasteiger partial charge in [-0.25, -0.2) is 13.8 Å². The zero-order valence-electron chi connectivity index (χ0n) is 17.5. The predicted molar refractivity (Wildman–Crippen MR) is 124 cm³/mol. The average molecular weight is 464 g/mol. The number of amides is 1. The number of carbonyl (C=O) groups excluding carboxylic acids is 1. The molecule has 9 heteroatoms. The molecule has 4 aromatic rings. The van der Waals surface area contributed by atoms with Crippen molar-refractivity contribution in [2.45, 2.75) is 11.4 Å². The van der Waals surface area contributed by atoms with Crippen LogP contribution in [0.2, 0.25) is 0 Å². The molecule has 4 rings (SSSR count). The molecule has 0 spiro atoms. The molecule has 0 aliphatic rings. The minimum absolute atomic E-state index is 0.0119. The molecule has 8 nitrogen and oxygen atoms in total. The molecule has 168 valence electrons. The van der Waals surface area contributed by atoms with Gasteiger partial charge in [0.2, 0.25) is 10.0 Å². The molecule has 0 radical (unpaired) electrons. The van der Waals surface area contributed by atoms with Crippen molar-refractivity contribution in [2.24, 2.45) is 5.10 Å². The third kappa shape index (κ3) is 5.11. The molecule has 0 aliphatic carbocycles. The van der Waals surface area contributed by atoms with E-state index in [4.69, 9.17) is 4.42 Å².